The third kappa shape index (κ3) is 4.60. The molecule has 3 aromatic rings. The normalized spacial score (nSPS) is 10.9. The van der Waals surface area contributed by atoms with E-state index < -0.39 is 0 Å². The van der Waals surface area contributed by atoms with Crippen molar-refractivity contribution in [3.63, 3.8) is 0 Å². The summed E-state index contributed by atoms with van der Waals surface area (Å²) in [6, 6.07) is 5.50. The van der Waals surface area contributed by atoms with E-state index in [0.717, 1.165) is 18.1 Å². The van der Waals surface area contributed by atoms with Crippen LogP contribution in [0.4, 0.5) is 11.6 Å². The summed E-state index contributed by atoms with van der Waals surface area (Å²) in [4.78, 5) is 11.1. The van der Waals surface area contributed by atoms with Gasteiger partial charge in [0, 0.05) is 43.0 Å². The molecule has 0 saturated heterocycles. The van der Waals surface area contributed by atoms with Gasteiger partial charge in [-0.1, -0.05) is 0 Å². The Morgan fingerprint density at radius 2 is 1.72 bits per heavy atom. The Morgan fingerprint density at radius 1 is 1.03 bits per heavy atom. The molecule has 0 aliphatic rings. The summed E-state index contributed by atoms with van der Waals surface area (Å²) in [6.07, 6.45) is 5.90. The number of benzene rings is 1. The van der Waals surface area contributed by atoms with Crippen LogP contribution in [0.2, 0.25) is 0 Å². The van der Waals surface area contributed by atoms with E-state index in [1.807, 2.05) is 22.8 Å². The van der Waals surface area contributed by atoms with Gasteiger partial charge in [-0.15, -0.1) is 0 Å². The van der Waals surface area contributed by atoms with Gasteiger partial charge in [0.25, 0.3) is 0 Å². The van der Waals surface area contributed by atoms with E-state index in [4.69, 9.17) is 14.2 Å². The Balaban J connectivity index is 1.89. The molecular weight excluding hydrogens is 370 g/mol. The van der Waals surface area contributed by atoms with Gasteiger partial charge in [0.05, 0.1) is 21.3 Å². The van der Waals surface area contributed by atoms with Crippen molar-refractivity contribution in [3.05, 3.63) is 47.9 Å². The smallest absolute Gasteiger partial charge is 0.229 e. The lowest BCUT2D eigenvalue weighted by molar-refractivity contribution is 0.324. The molecule has 1 N–H and O–H groups in total. The van der Waals surface area contributed by atoms with Crippen LogP contribution in [-0.2, 0) is 6.54 Å². The van der Waals surface area contributed by atoms with Crippen LogP contribution in [0.3, 0.4) is 0 Å². The van der Waals surface area contributed by atoms with Gasteiger partial charge in [0.2, 0.25) is 11.7 Å². The Bertz CT molecular complexity index is 959. The van der Waals surface area contributed by atoms with Crippen LogP contribution in [0.5, 0.6) is 17.2 Å². The molecule has 3 rings (SSSR count). The molecule has 1 aromatic carbocycles. The number of hydrogen-bond acceptors (Lipinski definition) is 7. The Hall–Kier alpha value is -3.26. The molecule has 0 unspecified atom stereocenters. The van der Waals surface area contributed by atoms with Gasteiger partial charge in [-0.05, 0) is 38.2 Å². The second kappa shape index (κ2) is 8.83. The van der Waals surface area contributed by atoms with Crippen LogP contribution >= 0.6 is 0 Å². The fourth-order valence-corrected chi connectivity index (χ4v) is 3.07. The first-order valence-electron chi connectivity index (χ1n) is 9.17. The lowest BCUT2D eigenvalue weighted by Crippen LogP contribution is -2.10. The SMILES string of the molecule is COc1cc(Nc2nccc(-n3cc(C)c(CN(C)C)c3)n2)cc(OC)c1OC. The molecule has 0 spiro atoms. The van der Waals surface area contributed by atoms with Crippen molar-refractivity contribution in [2.45, 2.75) is 13.5 Å². The Kier molecular flexibility index (Phi) is 6.23. The molecule has 0 fully saturated rings. The van der Waals surface area contributed by atoms with Crippen molar-refractivity contribution >= 4 is 11.6 Å². The monoisotopic (exact) mass is 397 g/mol. The number of aromatic nitrogens is 3. The van der Waals surface area contributed by atoms with Gasteiger partial charge >= 0.3 is 0 Å². The molecule has 154 valence electrons. The number of anilines is 2. The van der Waals surface area contributed by atoms with Crippen LogP contribution in [0.15, 0.2) is 36.8 Å². The molecular formula is C21H27N5O3. The number of methoxy groups -OCH3 is 3. The summed E-state index contributed by atoms with van der Waals surface area (Å²) in [5.41, 5.74) is 3.21. The summed E-state index contributed by atoms with van der Waals surface area (Å²) in [5, 5.41) is 3.21. The Morgan fingerprint density at radius 3 is 2.31 bits per heavy atom. The zero-order valence-electron chi connectivity index (χ0n) is 17.7. The van der Waals surface area contributed by atoms with E-state index in [1.165, 1.54) is 11.1 Å². The molecule has 0 aliphatic heterocycles. The van der Waals surface area contributed by atoms with Gasteiger partial charge in [-0.2, -0.15) is 4.98 Å². The molecule has 8 heteroatoms. The molecule has 8 nitrogen and oxygen atoms in total. The quantitative estimate of drug-likeness (QED) is 0.624. The van der Waals surface area contributed by atoms with Crippen molar-refractivity contribution in [3.8, 4) is 23.1 Å². The number of aryl methyl sites for hydroxylation is 1. The summed E-state index contributed by atoms with van der Waals surface area (Å²) >= 11 is 0. The third-order valence-electron chi connectivity index (χ3n) is 4.45. The minimum atomic E-state index is 0.470. The summed E-state index contributed by atoms with van der Waals surface area (Å²) in [7, 11) is 8.85. The molecule has 0 bridgehead atoms. The standard InChI is InChI=1S/C21H27N5O3/c1-14-11-26(13-15(14)12-25(2)3)19-7-8-22-21(24-19)23-16-9-17(27-4)20(29-6)18(10-16)28-5/h7-11,13H,12H2,1-6H3,(H,22,23,24). The van der Waals surface area contributed by atoms with Gasteiger partial charge in [0.1, 0.15) is 5.82 Å². The van der Waals surface area contributed by atoms with Crippen molar-refractivity contribution < 1.29 is 14.2 Å². The average Bonchev–Trinajstić information content (AvgIpc) is 3.07. The lowest BCUT2D eigenvalue weighted by Gasteiger charge is -2.14. The predicted octanol–water partition coefficient (Wildman–Crippen LogP) is 3.41. The maximum Gasteiger partial charge on any atom is 0.229 e. The molecule has 2 heterocycles. The van der Waals surface area contributed by atoms with Crippen molar-refractivity contribution in [2.75, 3.05) is 40.7 Å². The number of nitrogens with one attached hydrogen (secondary N) is 1. The van der Waals surface area contributed by atoms with Crippen LogP contribution in [0.1, 0.15) is 11.1 Å². The van der Waals surface area contributed by atoms with E-state index in [0.29, 0.717) is 23.2 Å². The maximum atomic E-state index is 5.40. The zero-order valence-corrected chi connectivity index (χ0v) is 17.7. The van der Waals surface area contributed by atoms with Gasteiger partial charge in [-0.25, -0.2) is 4.98 Å². The first-order valence-corrected chi connectivity index (χ1v) is 9.17. The van der Waals surface area contributed by atoms with E-state index in [2.05, 4.69) is 53.6 Å². The molecule has 0 radical (unpaired) electrons. The maximum absolute atomic E-state index is 5.40. The van der Waals surface area contributed by atoms with Crippen molar-refractivity contribution in [1.29, 1.82) is 0 Å². The van der Waals surface area contributed by atoms with Gasteiger partial charge in [-0.3, -0.25) is 0 Å². The van der Waals surface area contributed by atoms with Crippen LogP contribution in [0, 0.1) is 6.92 Å². The number of hydrogen-bond donors (Lipinski definition) is 1. The third-order valence-corrected chi connectivity index (χ3v) is 4.45. The van der Waals surface area contributed by atoms with Crippen LogP contribution in [-0.4, -0.2) is 54.9 Å². The van der Waals surface area contributed by atoms with Crippen molar-refractivity contribution in [2.24, 2.45) is 0 Å². The summed E-state index contributed by atoms with van der Waals surface area (Å²) in [5.74, 6) is 2.89. The van der Waals surface area contributed by atoms with E-state index in [9.17, 15) is 0 Å². The van der Waals surface area contributed by atoms with Gasteiger partial charge in [0.15, 0.2) is 11.5 Å². The highest BCUT2D eigenvalue weighted by Crippen LogP contribution is 2.40. The minimum absolute atomic E-state index is 0.470. The van der Waals surface area contributed by atoms with E-state index in [1.54, 1.807) is 27.5 Å². The molecule has 0 saturated carbocycles. The Labute approximate surface area is 171 Å². The first kappa shape index (κ1) is 20.5. The van der Waals surface area contributed by atoms with E-state index in [-0.39, 0.29) is 0 Å². The number of nitrogens with zero attached hydrogens (tertiary/aromatic N) is 4. The number of ether oxygens (including phenoxy) is 3. The van der Waals surface area contributed by atoms with Gasteiger partial charge < -0.3 is 29.0 Å². The van der Waals surface area contributed by atoms with Crippen molar-refractivity contribution in [1.82, 2.24) is 19.4 Å². The second-order valence-electron chi connectivity index (χ2n) is 6.89. The minimum Gasteiger partial charge on any atom is -0.493 e. The molecule has 29 heavy (non-hydrogen) atoms. The highest BCUT2D eigenvalue weighted by atomic mass is 16.5. The van der Waals surface area contributed by atoms with Crippen LogP contribution < -0.4 is 19.5 Å². The highest BCUT2D eigenvalue weighted by Gasteiger charge is 2.14. The highest BCUT2D eigenvalue weighted by molar-refractivity contribution is 5.65. The topological polar surface area (TPSA) is 73.7 Å². The fraction of sp³-hybridized carbons (Fsp3) is 0.333. The molecule has 0 atom stereocenters. The summed E-state index contributed by atoms with van der Waals surface area (Å²) in [6.45, 7) is 2.98. The zero-order chi connectivity index (χ0) is 21.0. The average molecular weight is 397 g/mol. The molecule has 0 amide bonds. The molecule has 2 aromatic heterocycles. The largest absolute Gasteiger partial charge is 0.493 e. The molecule has 0 aliphatic carbocycles. The number of rotatable bonds is 8. The fourth-order valence-electron chi connectivity index (χ4n) is 3.07. The second-order valence-corrected chi connectivity index (χ2v) is 6.89. The van der Waals surface area contributed by atoms with E-state index >= 15 is 0 Å². The van der Waals surface area contributed by atoms with Crippen LogP contribution in [0.25, 0.3) is 5.82 Å². The first-order chi connectivity index (χ1) is 13.9. The predicted molar refractivity (Wildman–Crippen MR) is 113 cm³/mol. The summed E-state index contributed by atoms with van der Waals surface area (Å²) < 4.78 is 18.2. The lowest BCUT2D eigenvalue weighted by atomic mass is 10.2.